The molecule has 0 unspecified atom stereocenters. The molecule has 0 spiro atoms. The number of carbonyl (C=O) groups excluding carboxylic acids is 1. The molecule has 0 atom stereocenters. The lowest BCUT2D eigenvalue weighted by molar-refractivity contribution is -0.123. The number of amides is 1. The van der Waals surface area contributed by atoms with E-state index in [4.69, 9.17) is 15.3 Å². The molecule has 3 N–H and O–H groups in total. The van der Waals surface area contributed by atoms with Gasteiger partial charge in [0.1, 0.15) is 11.5 Å². The van der Waals surface area contributed by atoms with Gasteiger partial charge in [-0.1, -0.05) is 0 Å². The zero-order valence-corrected chi connectivity index (χ0v) is 8.53. The van der Waals surface area contributed by atoms with Crippen molar-refractivity contribution in [1.29, 1.82) is 0 Å². The summed E-state index contributed by atoms with van der Waals surface area (Å²) in [6, 6.07) is 7.02. The normalized spacial score (nSPS) is 9.47. The molecule has 0 aliphatic rings. The average Bonchev–Trinajstić information content (AvgIpc) is 2.28. The quantitative estimate of drug-likeness (QED) is 0.420. The highest BCUT2D eigenvalue weighted by Gasteiger charge is 2.00. The van der Waals surface area contributed by atoms with E-state index in [2.05, 4.69) is 0 Å². The molecule has 0 aliphatic carbocycles. The molecule has 1 aromatic rings. The number of ether oxygens (including phenoxy) is 2. The van der Waals surface area contributed by atoms with Crippen LogP contribution in [0.2, 0.25) is 0 Å². The maximum Gasteiger partial charge on any atom is 0.271 e. The minimum Gasteiger partial charge on any atom is -0.494 e. The number of benzene rings is 1. The van der Waals surface area contributed by atoms with Crippen molar-refractivity contribution in [3.63, 3.8) is 0 Å². The fraction of sp³-hybridized carbons (Fsp3) is 0.300. The zero-order chi connectivity index (χ0) is 11.1. The minimum atomic E-state index is -0.371. The van der Waals surface area contributed by atoms with Gasteiger partial charge in [0.15, 0.2) is 6.61 Å². The number of nitrogens with one attached hydrogen (secondary N) is 1. The van der Waals surface area contributed by atoms with Gasteiger partial charge in [0.05, 0.1) is 6.61 Å². The highest BCUT2D eigenvalue weighted by molar-refractivity contribution is 5.76. The molecular weight excluding hydrogens is 196 g/mol. The molecule has 0 heterocycles. The van der Waals surface area contributed by atoms with Crippen LogP contribution in [0, 0.1) is 0 Å². The van der Waals surface area contributed by atoms with Crippen molar-refractivity contribution < 1.29 is 14.3 Å². The first kappa shape index (κ1) is 11.3. The van der Waals surface area contributed by atoms with Crippen LogP contribution in [0.3, 0.4) is 0 Å². The largest absolute Gasteiger partial charge is 0.494 e. The van der Waals surface area contributed by atoms with Crippen molar-refractivity contribution in [2.45, 2.75) is 6.92 Å². The van der Waals surface area contributed by atoms with E-state index in [1.807, 2.05) is 12.3 Å². The first-order chi connectivity index (χ1) is 7.26. The third-order valence-corrected chi connectivity index (χ3v) is 1.67. The third kappa shape index (κ3) is 3.86. The van der Waals surface area contributed by atoms with Crippen LogP contribution in [0.1, 0.15) is 6.92 Å². The Morgan fingerprint density at radius 3 is 2.27 bits per heavy atom. The predicted molar refractivity (Wildman–Crippen MR) is 55.4 cm³/mol. The SMILES string of the molecule is CCOc1ccc(OCC(=O)NN)cc1. The topological polar surface area (TPSA) is 73.6 Å². The Kier molecular flexibility index (Phi) is 4.43. The Balaban J connectivity index is 2.45. The molecule has 0 saturated carbocycles. The summed E-state index contributed by atoms with van der Waals surface area (Å²) >= 11 is 0. The molecule has 0 aliphatic heterocycles. The van der Waals surface area contributed by atoms with Crippen LogP contribution >= 0.6 is 0 Å². The molecule has 0 radical (unpaired) electrons. The number of hydrazine groups is 1. The Hall–Kier alpha value is -1.75. The minimum absolute atomic E-state index is 0.0928. The molecule has 15 heavy (non-hydrogen) atoms. The standard InChI is InChI=1S/C10H14N2O3/c1-2-14-8-3-5-9(6-4-8)15-7-10(13)12-11/h3-6H,2,7,11H2,1H3,(H,12,13). The van der Waals surface area contributed by atoms with Gasteiger partial charge in [-0.05, 0) is 31.2 Å². The summed E-state index contributed by atoms with van der Waals surface area (Å²) in [5.41, 5.74) is 1.98. The van der Waals surface area contributed by atoms with Gasteiger partial charge in [0, 0.05) is 0 Å². The molecule has 0 saturated heterocycles. The molecule has 1 amide bonds. The van der Waals surface area contributed by atoms with Crippen LogP contribution in [-0.2, 0) is 4.79 Å². The monoisotopic (exact) mass is 210 g/mol. The Morgan fingerprint density at radius 2 is 1.80 bits per heavy atom. The summed E-state index contributed by atoms with van der Waals surface area (Å²) < 4.78 is 10.4. The maximum absolute atomic E-state index is 10.8. The molecule has 0 bridgehead atoms. The fourth-order valence-corrected chi connectivity index (χ4v) is 0.989. The predicted octanol–water partition coefficient (Wildman–Crippen LogP) is 0.454. The number of rotatable bonds is 5. The van der Waals surface area contributed by atoms with Crippen molar-refractivity contribution in [1.82, 2.24) is 5.43 Å². The summed E-state index contributed by atoms with van der Waals surface area (Å²) in [5, 5.41) is 0. The molecule has 1 rings (SSSR count). The van der Waals surface area contributed by atoms with Crippen LogP contribution < -0.4 is 20.7 Å². The summed E-state index contributed by atoms with van der Waals surface area (Å²) in [4.78, 5) is 10.8. The number of carbonyl (C=O) groups is 1. The lowest BCUT2D eigenvalue weighted by atomic mass is 10.3. The van der Waals surface area contributed by atoms with Crippen molar-refractivity contribution in [2.75, 3.05) is 13.2 Å². The molecule has 0 aromatic heterocycles. The van der Waals surface area contributed by atoms with Gasteiger partial charge in [0.2, 0.25) is 0 Å². The summed E-state index contributed by atoms with van der Waals surface area (Å²) in [5.74, 6) is 5.90. The van der Waals surface area contributed by atoms with Crippen LogP contribution in [0.15, 0.2) is 24.3 Å². The highest BCUT2D eigenvalue weighted by atomic mass is 16.5. The van der Waals surface area contributed by atoms with Crippen molar-refractivity contribution in [3.05, 3.63) is 24.3 Å². The molecule has 5 heteroatoms. The fourth-order valence-electron chi connectivity index (χ4n) is 0.989. The van der Waals surface area contributed by atoms with Gasteiger partial charge < -0.3 is 9.47 Å². The van der Waals surface area contributed by atoms with Crippen molar-refractivity contribution in [3.8, 4) is 11.5 Å². The second kappa shape index (κ2) is 5.87. The summed E-state index contributed by atoms with van der Waals surface area (Å²) in [7, 11) is 0. The van der Waals surface area contributed by atoms with Crippen LogP contribution in [-0.4, -0.2) is 19.1 Å². The molecule has 5 nitrogen and oxygen atoms in total. The summed E-state index contributed by atoms with van der Waals surface area (Å²) in [6.07, 6.45) is 0. The lowest BCUT2D eigenvalue weighted by Crippen LogP contribution is -2.34. The van der Waals surface area contributed by atoms with Gasteiger partial charge in [-0.15, -0.1) is 0 Å². The van der Waals surface area contributed by atoms with E-state index in [0.717, 1.165) is 5.75 Å². The lowest BCUT2D eigenvalue weighted by Gasteiger charge is -2.06. The second-order valence-electron chi connectivity index (χ2n) is 2.76. The number of hydrogen-bond donors (Lipinski definition) is 2. The van der Waals surface area contributed by atoms with Crippen molar-refractivity contribution in [2.24, 2.45) is 5.84 Å². The molecule has 82 valence electrons. The van der Waals surface area contributed by atoms with Gasteiger partial charge in [-0.3, -0.25) is 10.2 Å². The third-order valence-electron chi connectivity index (χ3n) is 1.67. The van der Waals surface area contributed by atoms with Gasteiger partial charge >= 0.3 is 0 Å². The van der Waals surface area contributed by atoms with E-state index in [-0.39, 0.29) is 12.5 Å². The van der Waals surface area contributed by atoms with Gasteiger partial charge in [0.25, 0.3) is 5.91 Å². The molecular formula is C10H14N2O3. The highest BCUT2D eigenvalue weighted by Crippen LogP contribution is 2.17. The average molecular weight is 210 g/mol. The van der Waals surface area contributed by atoms with Crippen LogP contribution in [0.4, 0.5) is 0 Å². The van der Waals surface area contributed by atoms with E-state index in [1.165, 1.54) is 0 Å². The van der Waals surface area contributed by atoms with Gasteiger partial charge in [-0.25, -0.2) is 5.84 Å². The first-order valence-corrected chi connectivity index (χ1v) is 4.61. The first-order valence-electron chi connectivity index (χ1n) is 4.61. The Labute approximate surface area is 88.1 Å². The maximum atomic E-state index is 10.8. The zero-order valence-electron chi connectivity index (χ0n) is 8.53. The van der Waals surface area contributed by atoms with E-state index in [9.17, 15) is 4.79 Å². The van der Waals surface area contributed by atoms with Crippen LogP contribution in [0.25, 0.3) is 0 Å². The van der Waals surface area contributed by atoms with E-state index in [1.54, 1.807) is 24.3 Å². The second-order valence-corrected chi connectivity index (χ2v) is 2.76. The Morgan fingerprint density at radius 1 is 1.27 bits per heavy atom. The van der Waals surface area contributed by atoms with Crippen molar-refractivity contribution >= 4 is 5.91 Å². The molecule has 0 fully saturated rings. The van der Waals surface area contributed by atoms with E-state index < -0.39 is 0 Å². The summed E-state index contributed by atoms with van der Waals surface area (Å²) in [6.45, 7) is 2.44. The van der Waals surface area contributed by atoms with E-state index >= 15 is 0 Å². The smallest absolute Gasteiger partial charge is 0.271 e. The van der Waals surface area contributed by atoms with Gasteiger partial charge in [-0.2, -0.15) is 0 Å². The van der Waals surface area contributed by atoms with E-state index in [0.29, 0.717) is 12.4 Å². The number of nitrogens with two attached hydrogens (primary N) is 1. The molecule has 1 aromatic carbocycles. The Bertz CT molecular complexity index is 311. The number of hydrogen-bond acceptors (Lipinski definition) is 4. The van der Waals surface area contributed by atoms with Crippen LogP contribution in [0.5, 0.6) is 11.5 Å².